The fourth-order valence-electron chi connectivity index (χ4n) is 7.66. The maximum Gasteiger partial charge on any atom is 0.263 e. The van der Waals surface area contributed by atoms with Crippen LogP contribution in [0.4, 0.5) is 5.69 Å². The van der Waals surface area contributed by atoms with Crippen LogP contribution in [0.15, 0.2) is 71.1 Å². The summed E-state index contributed by atoms with van der Waals surface area (Å²) in [6.07, 6.45) is 24.4. The first-order valence-electron chi connectivity index (χ1n) is 19.5. The summed E-state index contributed by atoms with van der Waals surface area (Å²) in [4.78, 5) is 16.2. The third-order valence-corrected chi connectivity index (χ3v) is 11.8. The largest absolute Gasteiger partial charge is 0.506 e. The van der Waals surface area contributed by atoms with E-state index >= 15 is 0 Å². The van der Waals surface area contributed by atoms with Crippen LogP contribution >= 0.6 is 11.3 Å². The van der Waals surface area contributed by atoms with Crippen LogP contribution in [0.2, 0.25) is 0 Å². The predicted molar refractivity (Wildman–Crippen MR) is 210 cm³/mol. The number of hydrogen-bond donors (Lipinski definition) is 1. The van der Waals surface area contributed by atoms with Gasteiger partial charge in [0.05, 0.1) is 11.1 Å². The lowest BCUT2D eigenvalue weighted by atomic mass is 9.80. The Morgan fingerprint density at radius 1 is 0.796 bits per heavy atom. The van der Waals surface area contributed by atoms with Crippen molar-refractivity contribution < 1.29 is 14.5 Å². The van der Waals surface area contributed by atoms with Gasteiger partial charge in [0.2, 0.25) is 11.3 Å². The van der Waals surface area contributed by atoms with E-state index in [1.165, 1.54) is 117 Å². The van der Waals surface area contributed by atoms with Crippen molar-refractivity contribution in [2.24, 2.45) is 0 Å². The van der Waals surface area contributed by atoms with Crippen molar-refractivity contribution in [2.45, 2.75) is 149 Å². The lowest BCUT2D eigenvalue weighted by Gasteiger charge is -2.29. The van der Waals surface area contributed by atoms with Crippen molar-refractivity contribution in [3.05, 3.63) is 87.3 Å². The number of Topliss-reactive ketones (excluding diaryl/α,β-unsaturated/α-hetero) is 1. The third kappa shape index (κ3) is 8.77. The van der Waals surface area contributed by atoms with E-state index in [1.807, 2.05) is 12.2 Å². The molecule has 0 saturated carbocycles. The van der Waals surface area contributed by atoms with Gasteiger partial charge in [-0.3, -0.25) is 4.79 Å². The van der Waals surface area contributed by atoms with Crippen LogP contribution in [0, 0.1) is 6.92 Å². The second kappa shape index (κ2) is 17.7. The number of ketones is 1. The number of unbranched alkanes of at least 4 members (excludes halogenated alkanes) is 14. The number of allylic oxidation sites excluding steroid dienone is 4. The quantitative estimate of drug-likeness (QED) is 0.0733. The summed E-state index contributed by atoms with van der Waals surface area (Å²) < 4.78 is 3.56. The van der Waals surface area contributed by atoms with Crippen molar-refractivity contribution in [1.82, 2.24) is 0 Å². The number of nitrogens with zero attached hydrogens (tertiary/aromatic N) is 2. The van der Waals surface area contributed by atoms with Crippen molar-refractivity contribution in [1.29, 1.82) is 0 Å². The molecule has 0 fully saturated rings. The molecule has 0 spiro atoms. The molecular weight excluding hydrogens is 621 g/mol. The average Bonchev–Trinajstić information content (AvgIpc) is 3.55. The molecule has 2 aliphatic rings. The number of aliphatic hydroxyl groups is 1. The Balaban J connectivity index is 1.34. The smallest absolute Gasteiger partial charge is 0.263 e. The van der Waals surface area contributed by atoms with Crippen molar-refractivity contribution >= 4 is 39.1 Å². The first-order chi connectivity index (χ1) is 23.8. The number of rotatable bonds is 20. The SMILES string of the molecule is CCCCCCCCCCN1C(=CC2=C(O)C(=Cc3sc4ccccc4[n+]3CCCCCCCCCC)C2=O)C(C)(C)c2cc(C)ccc21. The second-order valence-electron chi connectivity index (χ2n) is 15.0. The summed E-state index contributed by atoms with van der Waals surface area (Å²) in [6.45, 7) is 13.0. The topological polar surface area (TPSA) is 44.4 Å². The highest BCUT2D eigenvalue weighted by molar-refractivity contribution is 7.18. The molecule has 0 atom stereocenters. The Labute approximate surface area is 300 Å². The predicted octanol–water partition coefficient (Wildman–Crippen LogP) is 12.2. The molecule has 264 valence electrons. The number of aliphatic hydroxyl groups excluding tert-OH is 1. The fraction of sp³-hybridized carbons (Fsp3) is 0.545. The van der Waals surface area contributed by atoms with Gasteiger partial charge < -0.3 is 10.0 Å². The molecule has 1 aromatic heterocycles. The van der Waals surface area contributed by atoms with E-state index in [9.17, 15) is 9.90 Å². The number of aryl methyl sites for hydroxylation is 2. The number of thiazole rings is 1. The molecule has 0 bridgehead atoms. The number of aromatic nitrogens is 1. The summed E-state index contributed by atoms with van der Waals surface area (Å²) in [5.41, 5.74) is 6.70. The van der Waals surface area contributed by atoms with Crippen LogP contribution in [-0.4, -0.2) is 17.4 Å². The van der Waals surface area contributed by atoms with Gasteiger partial charge in [0.15, 0.2) is 6.54 Å². The summed E-state index contributed by atoms with van der Waals surface area (Å²) in [7, 11) is 0. The Bertz CT molecular complexity index is 1670. The van der Waals surface area contributed by atoms with Crippen molar-refractivity contribution in [3.8, 4) is 0 Å². The molecule has 0 radical (unpaired) electrons. The summed E-state index contributed by atoms with van der Waals surface area (Å²) in [5.74, 6) is 0.0691. The Morgan fingerprint density at radius 3 is 2.06 bits per heavy atom. The van der Waals surface area contributed by atoms with Crippen LogP contribution < -0.4 is 9.47 Å². The summed E-state index contributed by atoms with van der Waals surface area (Å²) >= 11 is 1.71. The molecule has 0 amide bonds. The van der Waals surface area contributed by atoms with E-state index in [1.54, 1.807) is 11.3 Å². The van der Waals surface area contributed by atoms with E-state index < -0.39 is 0 Å². The molecule has 4 nitrogen and oxygen atoms in total. The minimum atomic E-state index is -0.265. The zero-order chi connectivity index (χ0) is 34.8. The molecule has 1 N–H and O–H groups in total. The molecule has 0 saturated heterocycles. The van der Waals surface area contributed by atoms with E-state index in [0.29, 0.717) is 11.1 Å². The van der Waals surface area contributed by atoms with Crippen LogP contribution in [0.1, 0.15) is 147 Å². The summed E-state index contributed by atoms with van der Waals surface area (Å²) in [5, 5.41) is 12.5. The van der Waals surface area contributed by atoms with E-state index in [4.69, 9.17) is 0 Å². The van der Waals surface area contributed by atoms with Gasteiger partial charge in [-0.1, -0.05) is 152 Å². The molecule has 2 aromatic carbocycles. The molecule has 1 aliphatic heterocycles. The molecule has 3 aromatic rings. The minimum Gasteiger partial charge on any atom is -0.506 e. The first-order valence-corrected chi connectivity index (χ1v) is 20.3. The van der Waals surface area contributed by atoms with Gasteiger partial charge in [-0.15, -0.1) is 0 Å². The number of fused-ring (bicyclic) bond motifs is 2. The molecule has 2 heterocycles. The van der Waals surface area contributed by atoms with E-state index in [2.05, 4.69) is 86.6 Å². The third-order valence-electron chi connectivity index (χ3n) is 10.7. The lowest BCUT2D eigenvalue weighted by Crippen LogP contribution is -2.35. The number of anilines is 1. The van der Waals surface area contributed by atoms with Crippen molar-refractivity contribution in [3.63, 3.8) is 0 Å². The summed E-state index contributed by atoms with van der Waals surface area (Å²) in [6, 6.07) is 15.2. The fourth-order valence-corrected chi connectivity index (χ4v) is 8.79. The zero-order valence-electron chi connectivity index (χ0n) is 31.1. The standard InChI is InChI=1S/C44H60N2O2S/c1-6-8-10-12-14-16-18-22-28-45-37-27-26-33(3)30-36(37)44(4,5)40(45)31-34-42(47)35(43(34)48)32-41-46(38-24-20-21-25-39(38)49-41)29-23-19-17-15-13-11-9-7-2/h20-21,24-27,30-32H,6-19,22-23,28-29H2,1-5H3/p+1. The van der Waals surface area contributed by atoms with Crippen molar-refractivity contribution in [2.75, 3.05) is 11.4 Å². The van der Waals surface area contributed by atoms with E-state index in [0.717, 1.165) is 36.6 Å². The number of carbonyl (C=O) groups excluding carboxylic acids is 1. The highest BCUT2D eigenvalue weighted by Gasteiger charge is 2.42. The van der Waals surface area contributed by atoms with Gasteiger partial charge in [0, 0.05) is 41.9 Å². The van der Waals surface area contributed by atoms with Crippen LogP contribution in [0.3, 0.4) is 0 Å². The normalized spacial score (nSPS) is 17.2. The molecule has 1 aliphatic carbocycles. The van der Waals surface area contributed by atoms with Gasteiger partial charge in [0.1, 0.15) is 10.5 Å². The second-order valence-corrected chi connectivity index (χ2v) is 16.0. The maximum atomic E-state index is 13.8. The van der Waals surface area contributed by atoms with Gasteiger partial charge in [0.25, 0.3) is 5.01 Å². The monoisotopic (exact) mass is 681 g/mol. The van der Waals surface area contributed by atoms with Crippen LogP contribution in [0.25, 0.3) is 16.3 Å². The molecule has 0 unspecified atom stereocenters. The highest BCUT2D eigenvalue weighted by atomic mass is 32.1. The Kier molecular flexibility index (Phi) is 13.4. The number of hydrogen-bond acceptors (Lipinski definition) is 4. The Hall–Kier alpha value is -3.18. The number of carbonyl (C=O) groups is 1. The molecular formula is C44H61N2O2S+. The number of para-hydroxylation sites is 1. The van der Waals surface area contributed by atoms with Crippen LogP contribution in [-0.2, 0) is 16.8 Å². The lowest BCUT2D eigenvalue weighted by molar-refractivity contribution is -0.669. The van der Waals surface area contributed by atoms with E-state index in [-0.39, 0.29) is 17.0 Å². The van der Waals surface area contributed by atoms with Gasteiger partial charge >= 0.3 is 0 Å². The van der Waals surface area contributed by atoms with Gasteiger partial charge in [-0.05, 0) is 43.5 Å². The maximum absolute atomic E-state index is 13.8. The zero-order valence-corrected chi connectivity index (χ0v) is 31.9. The molecule has 5 rings (SSSR count). The number of benzene rings is 2. The Morgan fingerprint density at radius 2 is 1.41 bits per heavy atom. The highest BCUT2D eigenvalue weighted by Crippen LogP contribution is 2.49. The first kappa shape index (κ1) is 37.1. The minimum absolute atomic E-state index is 0.0592. The molecule has 5 heteroatoms. The van der Waals surface area contributed by atoms with Gasteiger partial charge in [-0.25, -0.2) is 0 Å². The molecule has 49 heavy (non-hydrogen) atoms. The van der Waals surface area contributed by atoms with Gasteiger partial charge in [-0.2, -0.15) is 4.57 Å². The van der Waals surface area contributed by atoms with Crippen LogP contribution in [0.5, 0.6) is 0 Å². The average molecular weight is 682 g/mol.